The van der Waals surface area contributed by atoms with Crippen molar-refractivity contribution in [2.24, 2.45) is 24.8 Å². The quantitative estimate of drug-likeness (QED) is 0.609. The molecule has 29 heavy (non-hydrogen) atoms. The minimum Gasteiger partial charge on any atom is -0.378 e. The van der Waals surface area contributed by atoms with Gasteiger partial charge >= 0.3 is 6.18 Å². The largest absolute Gasteiger partial charge is 0.435 e. The number of hydrogen-bond donors (Lipinski definition) is 2. The summed E-state index contributed by atoms with van der Waals surface area (Å²) < 4.78 is 42.5. The van der Waals surface area contributed by atoms with Crippen molar-refractivity contribution in [1.29, 1.82) is 0 Å². The Balaban J connectivity index is 1.57. The van der Waals surface area contributed by atoms with E-state index in [2.05, 4.69) is 20.6 Å². The Morgan fingerprint density at radius 3 is 2.76 bits per heavy atom. The average molecular weight is 401 g/mol. The fourth-order valence-electron chi connectivity index (χ4n) is 6.51. The van der Waals surface area contributed by atoms with Crippen molar-refractivity contribution in [1.82, 2.24) is 20.0 Å². The summed E-state index contributed by atoms with van der Waals surface area (Å²) >= 11 is 0. The molecule has 5 nitrogen and oxygen atoms in total. The van der Waals surface area contributed by atoms with Crippen LogP contribution in [0.15, 0.2) is 18.3 Å². The lowest BCUT2D eigenvalue weighted by Crippen LogP contribution is -2.36. The number of benzene rings is 1. The van der Waals surface area contributed by atoms with Crippen LogP contribution in [0.1, 0.15) is 53.7 Å². The van der Waals surface area contributed by atoms with E-state index in [0.29, 0.717) is 11.8 Å². The summed E-state index contributed by atoms with van der Waals surface area (Å²) in [6, 6.07) is 3.55. The third kappa shape index (κ3) is 2.28. The van der Waals surface area contributed by atoms with Crippen LogP contribution in [-0.2, 0) is 13.2 Å². The number of aryl methyl sites for hydroxylation is 2. The maximum absolute atomic E-state index is 13.7. The highest BCUT2D eigenvalue weighted by Crippen LogP contribution is 2.65. The van der Waals surface area contributed by atoms with Crippen molar-refractivity contribution in [3.05, 3.63) is 40.8 Å². The first kappa shape index (κ1) is 17.4. The van der Waals surface area contributed by atoms with Crippen LogP contribution in [0.5, 0.6) is 0 Å². The Hall–Kier alpha value is -2.51. The lowest BCUT2D eigenvalue weighted by Gasteiger charge is -2.43. The van der Waals surface area contributed by atoms with Crippen molar-refractivity contribution in [3.63, 3.8) is 0 Å². The maximum atomic E-state index is 13.7. The second-order valence-corrected chi connectivity index (χ2v) is 8.93. The molecule has 0 radical (unpaired) electrons. The third-order valence-electron chi connectivity index (χ3n) is 7.41. The smallest absolute Gasteiger partial charge is 0.378 e. The van der Waals surface area contributed by atoms with Crippen LogP contribution in [0.2, 0.25) is 0 Å². The summed E-state index contributed by atoms with van der Waals surface area (Å²) in [5.41, 5.74) is 3.66. The molecule has 8 heteroatoms. The molecule has 3 aliphatic rings. The van der Waals surface area contributed by atoms with Gasteiger partial charge in [-0.15, -0.1) is 0 Å². The molecule has 2 aliphatic carbocycles. The number of aromatic amines is 1. The van der Waals surface area contributed by atoms with E-state index in [1.807, 2.05) is 19.1 Å². The molecule has 1 aliphatic heterocycles. The molecule has 0 saturated heterocycles. The number of nitrogens with one attached hydrogen (secondary N) is 2. The summed E-state index contributed by atoms with van der Waals surface area (Å²) in [5, 5.41) is 15.9. The molecule has 2 N–H and O–H groups in total. The molecule has 0 amide bonds. The minimum atomic E-state index is -4.46. The molecule has 0 spiro atoms. The first-order valence-corrected chi connectivity index (χ1v) is 10.2. The van der Waals surface area contributed by atoms with Crippen LogP contribution in [0.3, 0.4) is 0 Å². The standard InChI is InChI=1S/C21H22F3N5/c1-9-15-14(27-26-9)6-5-13-18(15)16-10-3-4-11(7-10)17(16)19(25-13)12-8-29(2)28-20(12)21(22,23)24/h5-6,8,10-11,16-17,19,25H,3-4,7H2,1-2H3,(H,26,27)/t10?,11?,16-,17+,19-/m0/s1. The van der Waals surface area contributed by atoms with Gasteiger partial charge in [-0.05, 0) is 67.6 Å². The average Bonchev–Trinajstić information content (AvgIpc) is 3.43. The molecule has 3 heterocycles. The Morgan fingerprint density at radius 1 is 1.17 bits per heavy atom. The summed E-state index contributed by atoms with van der Waals surface area (Å²) in [5.74, 6) is 1.38. The van der Waals surface area contributed by atoms with Gasteiger partial charge in [0.2, 0.25) is 0 Å². The van der Waals surface area contributed by atoms with E-state index >= 15 is 0 Å². The molecule has 2 fully saturated rings. The fraction of sp³-hybridized carbons (Fsp3) is 0.524. The summed E-state index contributed by atoms with van der Waals surface area (Å²) in [7, 11) is 1.56. The third-order valence-corrected chi connectivity index (χ3v) is 7.41. The van der Waals surface area contributed by atoms with Gasteiger partial charge in [0.1, 0.15) is 0 Å². The van der Waals surface area contributed by atoms with Gasteiger partial charge in [0.15, 0.2) is 5.69 Å². The first-order valence-electron chi connectivity index (χ1n) is 10.2. The molecule has 6 rings (SSSR count). The highest BCUT2D eigenvalue weighted by Gasteiger charge is 2.56. The molecule has 5 atom stereocenters. The van der Waals surface area contributed by atoms with Crippen LogP contribution >= 0.6 is 0 Å². The normalized spacial score (nSPS) is 30.4. The van der Waals surface area contributed by atoms with Gasteiger partial charge in [-0.1, -0.05) is 0 Å². The summed E-state index contributed by atoms with van der Waals surface area (Å²) in [6.45, 7) is 2.02. The van der Waals surface area contributed by atoms with Crippen molar-refractivity contribution in [2.75, 3.05) is 5.32 Å². The van der Waals surface area contributed by atoms with Crippen molar-refractivity contribution < 1.29 is 13.2 Å². The van der Waals surface area contributed by atoms with Gasteiger partial charge < -0.3 is 5.32 Å². The number of hydrogen-bond acceptors (Lipinski definition) is 3. The Labute approximate surface area is 165 Å². The van der Waals surface area contributed by atoms with E-state index in [0.717, 1.165) is 41.5 Å². The monoisotopic (exact) mass is 401 g/mol. The second-order valence-electron chi connectivity index (χ2n) is 8.93. The molecular formula is C21H22F3N5. The van der Waals surface area contributed by atoms with Gasteiger partial charge in [0.05, 0.1) is 11.6 Å². The molecule has 3 aromatic rings. The molecule has 2 unspecified atom stereocenters. The van der Waals surface area contributed by atoms with Crippen LogP contribution in [-0.4, -0.2) is 20.0 Å². The van der Waals surface area contributed by atoms with E-state index in [1.54, 1.807) is 13.2 Å². The number of nitrogens with zero attached hydrogens (tertiary/aromatic N) is 3. The lowest BCUT2D eigenvalue weighted by atomic mass is 9.67. The zero-order valence-electron chi connectivity index (χ0n) is 16.2. The number of halogens is 3. The minimum absolute atomic E-state index is 0.145. The molecule has 2 saturated carbocycles. The van der Waals surface area contributed by atoms with E-state index < -0.39 is 11.9 Å². The van der Waals surface area contributed by atoms with Crippen molar-refractivity contribution in [2.45, 2.75) is 44.3 Å². The lowest BCUT2D eigenvalue weighted by molar-refractivity contribution is -0.142. The van der Waals surface area contributed by atoms with Gasteiger partial charge in [-0.2, -0.15) is 23.4 Å². The number of alkyl halides is 3. The SMILES string of the molecule is Cc1[nH]nc2ccc3c(c12)[C@H]1C2CCC(C2)[C@H]1[C@H](c1cn(C)nc1C(F)(F)F)N3. The number of anilines is 1. The fourth-order valence-corrected chi connectivity index (χ4v) is 6.51. The van der Waals surface area contributed by atoms with E-state index in [1.165, 1.54) is 10.2 Å². The van der Waals surface area contributed by atoms with Crippen LogP contribution < -0.4 is 5.32 Å². The predicted octanol–water partition coefficient (Wildman–Crippen LogP) is 4.92. The second kappa shape index (κ2) is 5.55. The first-order chi connectivity index (χ1) is 13.8. The Morgan fingerprint density at radius 2 is 1.97 bits per heavy atom. The highest BCUT2D eigenvalue weighted by atomic mass is 19.4. The maximum Gasteiger partial charge on any atom is 0.435 e. The van der Waals surface area contributed by atoms with Gasteiger partial charge in [0, 0.05) is 35.6 Å². The van der Waals surface area contributed by atoms with E-state index in [9.17, 15) is 13.2 Å². The van der Waals surface area contributed by atoms with Crippen molar-refractivity contribution >= 4 is 16.6 Å². The van der Waals surface area contributed by atoms with Gasteiger partial charge in [-0.3, -0.25) is 9.78 Å². The predicted molar refractivity (Wildman–Crippen MR) is 102 cm³/mol. The Bertz CT molecular complexity index is 1130. The molecule has 2 aromatic heterocycles. The molecule has 2 bridgehead atoms. The van der Waals surface area contributed by atoms with Crippen LogP contribution in [0.4, 0.5) is 18.9 Å². The topological polar surface area (TPSA) is 58.5 Å². The summed E-state index contributed by atoms with van der Waals surface area (Å²) in [4.78, 5) is 0. The van der Waals surface area contributed by atoms with Crippen LogP contribution in [0, 0.1) is 24.7 Å². The Kier molecular flexibility index (Phi) is 3.32. The number of aromatic nitrogens is 4. The van der Waals surface area contributed by atoms with Gasteiger partial charge in [-0.25, -0.2) is 0 Å². The molecular weight excluding hydrogens is 379 g/mol. The van der Waals surface area contributed by atoms with E-state index in [-0.39, 0.29) is 23.4 Å². The highest BCUT2D eigenvalue weighted by molar-refractivity contribution is 5.91. The number of H-pyrrole nitrogens is 1. The molecule has 1 aromatic carbocycles. The number of rotatable bonds is 1. The van der Waals surface area contributed by atoms with E-state index in [4.69, 9.17) is 0 Å². The number of fused-ring (bicyclic) bond motifs is 9. The zero-order valence-corrected chi connectivity index (χ0v) is 16.2. The van der Waals surface area contributed by atoms with Gasteiger partial charge in [0.25, 0.3) is 0 Å². The summed E-state index contributed by atoms with van der Waals surface area (Å²) in [6.07, 6.45) is 0.445. The van der Waals surface area contributed by atoms with Crippen molar-refractivity contribution in [3.8, 4) is 0 Å². The van der Waals surface area contributed by atoms with Crippen LogP contribution in [0.25, 0.3) is 10.9 Å². The zero-order chi connectivity index (χ0) is 20.1. The molecule has 152 valence electrons.